The van der Waals surface area contributed by atoms with Gasteiger partial charge in [-0.2, -0.15) is 5.10 Å². The van der Waals surface area contributed by atoms with Gasteiger partial charge in [-0.3, -0.25) is 14.4 Å². The Labute approximate surface area is 171 Å². The number of hydrogen-bond acceptors (Lipinski definition) is 4. The number of carbonyl (C=O) groups is 1. The standard InChI is InChI=1S/C23H27N5O/c1-27-15-17(14-25-27)16-28-12-10-19(11-13-28)18-6-8-20(9-7-18)23(29)26-22-5-3-2-4-21(22)24/h2-9,14-15,19H,10-13,16,24H2,1H3,(H,26,29). The molecule has 0 unspecified atom stereocenters. The third-order valence-electron chi connectivity index (χ3n) is 5.61. The van der Waals surface area contributed by atoms with E-state index in [-0.39, 0.29) is 5.91 Å². The molecule has 0 aliphatic carbocycles. The molecule has 150 valence electrons. The number of nitrogens with zero attached hydrogens (tertiary/aromatic N) is 3. The van der Waals surface area contributed by atoms with Gasteiger partial charge in [0.1, 0.15) is 0 Å². The summed E-state index contributed by atoms with van der Waals surface area (Å²) in [6, 6.07) is 15.3. The molecule has 1 saturated heterocycles. The Kier molecular flexibility index (Phi) is 5.62. The second-order valence-corrected chi connectivity index (χ2v) is 7.74. The van der Waals surface area contributed by atoms with E-state index in [9.17, 15) is 4.79 Å². The Hall–Kier alpha value is -3.12. The predicted octanol–water partition coefficient (Wildman–Crippen LogP) is 3.63. The predicted molar refractivity (Wildman–Crippen MR) is 116 cm³/mol. The zero-order valence-corrected chi connectivity index (χ0v) is 16.7. The molecule has 0 spiro atoms. The van der Waals surface area contributed by atoms with E-state index in [0.29, 0.717) is 22.9 Å². The van der Waals surface area contributed by atoms with Gasteiger partial charge in [-0.25, -0.2) is 0 Å². The maximum Gasteiger partial charge on any atom is 0.255 e. The molecule has 29 heavy (non-hydrogen) atoms. The van der Waals surface area contributed by atoms with Crippen LogP contribution >= 0.6 is 0 Å². The van der Waals surface area contributed by atoms with Crippen LogP contribution in [0.15, 0.2) is 60.9 Å². The number of aryl methyl sites for hydroxylation is 1. The Balaban J connectivity index is 1.32. The number of amides is 1. The van der Waals surface area contributed by atoms with Gasteiger partial charge in [-0.05, 0) is 61.7 Å². The maximum absolute atomic E-state index is 12.5. The fourth-order valence-corrected chi connectivity index (χ4v) is 3.95. The largest absolute Gasteiger partial charge is 0.397 e. The van der Waals surface area contributed by atoms with Gasteiger partial charge in [0, 0.05) is 30.9 Å². The van der Waals surface area contributed by atoms with Gasteiger partial charge >= 0.3 is 0 Å². The molecule has 1 aromatic heterocycles. The summed E-state index contributed by atoms with van der Waals surface area (Å²) in [6.45, 7) is 3.12. The molecule has 0 atom stereocenters. The van der Waals surface area contributed by atoms with Crippen LogP contribution in [0.1, 0.15) is 40.2 Å². The molecule has 0 radical (unpaired) electrons. The van der Waals surface area contributed by atoms with Gasteiger partial charge in [-0.15, -0.1) is 0 Å². The van der Waals surface area contributed by atoms with Gasteiger partial charge in [0.2, 0.25) is 0 Å². The fraction of sp³-hybridized carbons (Fsp3) is 0.304. The van der Waals surface area contributed by atoms with Crippen molar-refractivity contribution in [3.63, 3.8) is 0 Å². The average Bonchev–Trinajstić information content (AvgIpc) is 3.15. The Morgan fingerprint density at radius 1 is 1.14 bits per heavy atom. The molecule has 0 saturated carbocycles. The van der Waals surface area contributed by atoms with Crippen molar-refractivity contribution < 1.29 is 4.79 Å². The van der Waals surface area contributed by atoms with Crippen molar-refractivity contribution in [2.75, 3.05) is 24.1 Å². The number of hydrogen-bond donors (Lipinski definition) is 2. The van der Waals surface area contributed by atoms with Crippen molar-refractivity contribution in [2.24, 2.45) is 7.05 Å². The van der Waals surface area contributed by atoms with Gasteiger partial charge in [0.15, 0.2) is 0 Å². The Morgan fingerprint density at radius 3 is 2.52 bits per heavy atom. The molecule has 1 fully saturated rings. The average molecular weight is 390 g/mol. The first-order chi connectivity index (χ1) is 14.1. The molecule has 4 rings (SSSR count). The highest BCUT2D eigenvalue weighted by Crippen LogP contribution is 2.29. The molecular weight excluding hydrogens is 362 g/mol. The second-order valence-electron chi connectivity index (χ2n) is 7.74. The number of carbonyl (C=O) groups excluding carboxylic acids is 1. The van der Waals surface area contributed by atoms with Crippen LogP contribution in [0.2, 0.25) is 0 Å². The lowest BCUT2D eigenvalue weighted by molar-refractivity contribution is 0.102. The molecule has 1 aliphatic heterocycles. The topological polar surface area (TPSA) is 76.2 Å². The highest BCUT2D eigenvalue weighted by molar-refractivity contribution is 6.05. The Bertz CT molecular complexity index is 971. The highest BCUT2D eigenvalue weighted by Gasteiger charge is 2.21. The van der Waals surface area contributed by atoms with Gasteiger partial charge < -0.3 is 11.1 Å². The highest BCUT2D eigenvalue weighted by atomic mass is 16.1. The first-order valence-corrected chi connectivity index (χ1v) is 10.0. The first kappa shape index (κ1) is 19.2. The summed E-state index contributed by atoms with van der Waals surface area (Å²) < 4.78 is 1.85. The Morgan fingerprint density at radius 2 is 1.86 bits per heavy atom. The molecule has 3 N–H and O–H groups in total. The molecule has 6 nitrogen and oxygen atoms in total. The van der Waals surface area contributed by atoms with Crippen molar-refractivity contribution in [3.05, 3.63) is 77.6 Å². The lowest BCUT2D eigenvalue weighted by Gasteiger charge is -2.32. The number of nitrogens with one attached hydrogen (secondary N) is 1. The quantitative estimate of drug-likeness (QED) is 0.653. The van der Waals surface area contributed by atoms with E-state index >= 15 is 0 Å². The summed E-state index contributed by atoms with van der Waals surface area (Å²) in [7, 11) is 1.95. The summed E-state index contributed by atoms with van der Waals surface area (Å²) in [5.41, 5.74) is 10.3. The van der Waals surface area contributed by atoms with Gasteiger partial charge in [0.25, 0.3) is 5.91 Å². The van der Waals surface area contributed by atoms with E-state index in [4.69, 9.17) is 5.73 Å². The van der Waals surface area contributed by atoms with Crippen LogP contribution in [-0.4, -0.2) is 33.7 Å². The monoisotopic (exact) mass is 389 g/mol. The summed E-state index contributed by atoms with van der Waals surface area (Å²) in [5.74, 6) is 0.405. The van der Waals surface area contributed by atoms with E-state index in [1.54, 1.807) is 12.1 Å². The van der Waals surface area contributed by atoms with Gasteiger partial charge in [0.05, 0.1) is 17.6 Å². The lowest BCUT2D eigenvalue weighted by atomic mass is 9.89. The molecule has 0 bridgehead atoms. The van der Waals surface area contributed by atoms with E-state index in [0.717, 1.165) is 32.5 Å². The van der Waals surface area contributed by atoms with Crippen LogP contribution in [0.25, 0.3) is 0 Å². The molecule has 3 aromatic rings. The number of para-hydroxylation sites is 2. The zero-order valence-electron chi connectivity index (χ0n) is 16.7. The van der Waals surface area contributed by atoms with Crippen LogP contribution in [-0.2, 0) is 13.6 Å². The third kappa shape index (κ3) is 4.66. The number of rotatable bonds is 5. The minimum absolute atomic E-state index is 0.138. The third-order valence-corrected chi connectivity index (χ3v) is 5.61. The summed E-state index contributed by atoms with van der Waals surface area (Å²) >= 11 is 0. The van der Waals surface area contributed by atoms with Crippen LogP contribution in [0.3, 0.4) is 0 Å². The summed E-state index contributed by atoms with van der Waals surface area (Å²) in [4.78, 5) is 15.0. The molecule has 6 heteroatoms. The van der Waals surface area contributed by atoms with Crippen molar-refractivity contribution >= 4 is 17.3 Å². The lowest BCUT2D eigenvalue weighted by Crippen LogP contribution is -2.32. The number of nitrogens with two attached hydrogens (primary N) is 1. The van der Waals surface area contributed by atoms with E-state index in [1.807, 2.05) is 42.2 Å². The van der Waals surface area contributed by atoms with Crippen molar-refractivity contribution in [1.82, 2.24) is 14.7 Å². The number of aromatic nitrogens is 2. The molecule has 1 amide bonds. The van der Waals surface area contributed by atoms with E-state index in [1.165, 1.54) is 11.1 Å². The fourth-order valence-electron chi connectivity index (χ4n) is 3.95. The van der Waals surface area contributed by atoms with Crippen LogP contribution < -0.4 is 11.1 Å². The van der Waals surface area contributed by atoms with Crippen molar-refractivity contribution in [3.8, 4) is 0 Å². The maximum atomic E-state index is 12.5. The molecular formula is C23H27N5O. The summed E-state index contributed by atoms with van der Waals surface area (Å²) in [6.07, 6.45) is 6.29. The van der Waals surface area contributed by atoms with Crippen LogP contribution in [0.5, 0.6) is 0 Å². The molecule has 1 aliphatic rings. The van der Waals surface area contributed by atoms with E-state index in [2.05, 4.69) is 33.6 Å². The second kappa shape index (κ2) is 8.49. The number of benzene rings is 2. The van der Waals surface area contributed by atoms with Gasteiger partial charge in [-0.1, -0.05) is 24.3 Å². The minimum Gasteiger partial charge on any atom is -0.397 e. The molecule has 2 heterocycles. The smallest absolute Gasteiger partial charge is 0.255 e. The molecule has 2 aromatic carbocycles. The summed E-state index contributed by atoms with van der Waals surface area (Å²) in [5, 5.41) is 7.13. The minimum atomic E-state index is -0.138. The number of likely N-dealkylation sites (tertiary alicyclic amines) is 1. The number of nitrogen functional groups attached to an aromatic ring is 1. The van der Waals surface area contributed by atoms with Crippen LogP contribution in [0.4, 0.5) is 11.4 Å². The van der Waals surface area contributed by atoms with Crippen molar-refractivity contribution in [2.45, 2.75) is 25.3 Å². The van der Waals surface area contributed by atoms with Crippen molar-refractivity contribution in [1.29, 1.82) is 0 Å². The first-order valence-electron chi connectivity index (χ1n) is 10.0. The SMILES string of the molecule is Cn1cc(CN2CCC(c3ccc(C(=O)Nc4ccccc4N)cc3)CC2)cn1. The normalized spacial score (nSPS) is 15.3. The number of anilines is 2. The van der Waals surface area contributed by atoms with Crippen LogP contribution in [0, 0.1) is 0 Å². The zero-order chi connectivity index (χ0) is 20.2. The number of piperidine rings is 1. The van der Waals surface area contributed by atoms with E-state index < -0.39 is 0 Å².